The number of nitrogens with zero attached hydrogens (tertiary/aromatic N) is 2. The molecule has 1 aromatic heterocycles. The molecule has 0 bridgehead atoms. The van der Waals surface area contributed by atoms with E-state index in [2.05, 4.69) is 0 Å². The molecule has 0 spiro atoms. The highest BCUT2D eigenvalue weighted by Crippen LogP contribution is 2.28. The number of para-hydroxylation sites is 1. The molecule has 0 saturated heterocycles. The number of rotatable bonds is 6. The van der Waals surface area contributed by atoms with Gasteiger partial charge in [-0.2, -0.15) is 0 Å². The van der Waals surface area contributed by atoms with Crippen LogP contribution in [0.15, 0.2) is 95.3 Å². The Morgan fingerprint density at radius 3 is 2.37 bits per heavy atom. The van der Waals surface area contributed by atoms with Crippen molar-refractivity contribution in [3.63, 3.8) is 0 Å². The first-order valence-corrected chi connectivity index (χ1v) is 10.7. The Kier molecular flexibility index (Phi) is 6.12. The van der Waals surface area contributed by atoms with Gasteiger partial charge in [-0.25, -0.2) is 9.79 Å². The molecule has 1 unspecified atom stereocenters. The van der Waals surface area contributed by atoms with Gasteiger partial charge in [0, 0.05) is 22.4 Å². The molecule has 6 heteroatoms. The first kappa shape index (κ1) is 20.1. The van der Waals surface area contributed by atoms with E-state index < -0.39 is 12.0 Å². The lowest BCUT2D eigenvalue weighted by Gasteiger charge is -2.18. The Balaban J connectivity index is 1.90. The second-order valence-electron chi connectivity index (χ2n) is 6.77. The highest BCUT2D eigenvalue weighted by Gasteiger charge is 2.25. The summed E-state index contributed by atoms with van der Waals surface area (Å²) >= 11 is 7.63. The van der Waals surface area contributed by atoms with Gasteiger partial charge in [0.1, 0.15) is 6.04 Å². The Bertz CT molecular complexity index is 1220. The Morgan fingerprint density at radius 1 is 1.00 bits per heavy atom. The lowest BCUT2D eigenvalue weighted by atomic mass is 10.0. The summed E-state index contributed by atoms with van der Waals surface area (Å²) in [6, 6.07) is 25.8. The predicted molar refractivity (Wildman–Crippen MR) is 121 cm³/mol. The van der Waals surface area contributed by atoms with Crippen LogP contribution in [-0.4, -0.2) is 15.6 Å². The van der Waals surface area contributed by atoms with E-state index in [1.807, 2.05) is 84.2 Å². The van der Waals surface area contributed by atoms with Crippen LogP contribution in [-0.2, 0) is 11.2 Å². The van der Waals surface area contributed by atoms with Gasteiger partial charge in [-0.1, -0.05) is 72.3 Å². The number of thiazole rings is 1. The second kappa shape index (κ2) is 9.11. The lowest BCUT2D eigenvalue weighted by molar-refractivity contribution is -0.140. The van der Waals surface area contributed by atoms with E-state index in [4.69, 9.17) is 16.6 Å². The number of carboxylic acids is 1. The van der Waals surface area contributed by atoms with Crippen molar-refractivity contribution in [2.24, 2.45) is 4.99 Å². The lowest BCUT2D eigenvalue weighted by Crippen LogP contribution is -2.29. The van der Waals surface area contributed by atoms with Gasteiger partial charge in [0.15, 0.2) is 4.80 Å². The van der Waals surface area contributed by atoms with Crippen LogP contribution in [0.4, 0.5) is 5.69 Å². The Morgan fingerprint density at radius 2 is 1.70 bits per heavy atom. The minimum atomic E-state index is -0.907. The first-order chi connectivity index (χ1) is 14.6. The van der Waals surface area contributed by atoms with Crippen LogP contribution in [0.1, 0.15) is 11.6 Å². The normalized spacial score (nSPS) is 12.6. The van der Waals surface area contributed by atoms with Crippen molar-refractivity contribution < 1.29 is 9.90 Å². The molecule has 4 rings (SSSR count). The van der Waals surface area contributed by atoms with Crippen molar-refractivity contribution in [1.29, 1.82) is 0 Å². The zero-order valence-corrected chi connectivity index (χ0v) is 17.6. The summed E-state index contributed by atoms with van der Waals surface area (Å²) in [6.07, 6.45) is 0.350. The van der Waals surface area contributed by atoms with E-state index >= 15 is 0 Å². The fourth-order valence-electron chi connectivity index (χ4n) is 3.30. The maximum atomic E-state index is 12.4. The van der Waals surface area contributed by atoms with E-state index in [1.165, 1.54) is 11.3 Å². The average molecular weight is 435 g/mol. The largest absolute Gasteiger partial charge is 0.480 e. The number of halogens is 1. The predicted octanol–water partition coefficient (Wildman–Crippen LogP) is 5.97. The molecule has 150 valence electrons. The van der Waals surface area contributed by atoms with Gasteiger partial charge in [0.25, 0.3) is 0 Å². The number of aliphatic carboxylic acids is 1. The molecule has 0 saturated carbocycles. The van der Waals surface area contributed by atoms with E-state index in [0.717, 1.165) is 22.5 Å². The molecule has 1 N–H and O–H groups in total. The van der Waals surface area contributed by atoms with Crippen molar-refractivity contribution in [2.75, 3.05) is 0 Å². The Labute approximate surface area is 183 Å². The van der Waals surface area contributed by atoms with Crippen molar-refractivity contribution >= 4 is 34.6 Å². The highest BCUT2D eigenvalue weighted by molar-refractivity contribution is 7.07. The number of carboxylic acid groups (broad SMARTS) is 1. The van der Waals surface area contributed by atoms with Crippen LogP contribution in [0.5, 0.6) is 0 Å². The molecular weight excluding hydrogens is 416 g/mol. The average Bonchev–Trinajstić information content (AvgIpc) is 3.16. The van der Waals surface area contributed by atoms with Gasteiger partial charge in [0.2, 0.25) is 0 Å². The highest BCUT2D eigenvalue weighted by atomic mass is 35.5. The third kappa shape index (κ3) is 4.53. The van der Waals surface area contributed by atoms with Gasteiger partial charge >= 0.3 is 5.97 Å². The fraction of sp³-hybridized carbons (Fsp3) is 0.0833. The third-order valence-corrected chi connectivity index (χ3v) is 5.79. The molecule has 0 aliphatic heterocycles. The number of aromatic nitrogens is 1. The quantitative estimate of drug-likeness (QED) is 0.406. The van der Waals surface area contributed by atoms with E-state index in [0.29, 0.717) is 16.2 Å². The molecule has 4 nitrogen and oxygen atoms in total. The van der Waals surface area contributed by atoms with Gasteiger partial charge in [0.05, 0.1) is 11.4 Å². The van der Waals surface area contributed by atoms with Crippen LogP contribution in [0, 0.1) is 0 Å². The fourth-order valence-corrected chi connectivity index (χ4v) is 4.46. The van der Waals surface area contributed by atoms with Crippen molar-refractivity contribution in [1.82, 2.24) is 4.57 Å². The topological polar surface area (TPSA) is 54.6 Å². The molecule has 30 heavy (non-hydrogen) atoms. The molecule has 0 fully saturated rings. The van der Waals surface area contributed by atoms with Gasteiger partial charge in [-0.15, -0.1) is 11.3 Å². The summed E-state index contributed by atoms with van der Waals surface area (Å²) < 4.78 is 1.80. The summed E-state index contributed by atoms with van der Waals surface area (Å²) in [4.78, 5) is 17.7. The molecule has 0 aliphatic carbocycles. The number of hydrogen-bond donors (Lipinski definition) is 1. The zero-order valence-electron chi connectivity index (χ0n) is 16.0. The second-order valence-corrected chi connectivity index (χ2v) is 8.05. The van der Waals surface area contributed by atoms with Crippen LogP contribution in [0.25, 0.3) is 11.3 Å². The molecule has 1 heterocycles. The van der Waals surface area contributed by atoms with Crippen molar-refractivity contribution in [2.45, 2.75) is 12.5 Å². The van der Waals surface area contributed by atoms with Gasteiger partial charge in [-0.05, 0) is 29.8 Å². The van der Waals surface area contributed by atoms with Crippen LogP contribution in [0.2, 0.25) is 5.02 Å². The minimum Gasteiger partial charge on any atom is -0.480 e. The molecule has 0 aliphatic rings. The van der Waals surface area contributed by atoms with E-state index in [-0.39, 0.29) is 0 Å². The smallest absolute Gasteiger partial charge is 0.327 e. The maximum absolute atomic E-state index is 12.4. The van der Waals surface area contributed by atoms with Gasteiger partial charge < -0.3 is 9.67 Å². The Hall–Kier alpha value is -3.15. The molecule has 3 aromatic carbocycles. The molecule has 1 atom stereocenters. The SMILES string of the molecule is O=C(O)C(Cc1ccccc1)n1c(-c2cccc(Cl)c2)csc1=Nc1ccccc1. The van der Waals surface area contributed by atoms with Crippen LogP contribution >= 0.6 is 22.9 Å². The van der Waals surface area contributed by atoms with Crippen molar-refractivity contribution in [3.8, 4) is 11.3 Å². The monoisotopic (exact) mass is 434 g/mol. The van der Waals surface area contributed by atoms with E-state index in [1.54, 1.807) is 10.6 Å². The molecule has 0 radical (unpaired) electrons. The summed E-state index contributed by atoms with van der Waals surface area (Å²) in [6.45, 7) is 0. The number of benzene rings is 3. The van der Waals surface area contributed by atoms with Crippen molar-refractivity contribution in [3.05, 3.63) is 106 Å². The van der Waals surface area contributed by atoms with Gasteiger partial charge in [-0.3, -0.25) is 0 Å². The minimum absolute atomic E-state index is 0.350. The number of hydrogen-bond acceptors (Lipinski definition) is 3. The third-order valence-electron chi connectivity index (χ3n) is 4.71. The summed E-state index contributed by atoms with van der Waals surface area (Å²) in [5, 5.41) is 12.7. The summed E-state index contributed by atoms with van der Waals surface area (Å²) in [5.74, 6) is -0.907. The summed E-state index contributed by atoms with van der Waals surface area (Å²) in [5.41, 5.74) is 3.36. The molecule has 0 amide bonds. The van der Waals surface area contributed by atoms with Crippen LogP contribution < -0.4 is 4.80 Å². The zero-order chi connectivity index (χ0) is 20.9. The standard InChI is InChI=1S/C24H19ClN2O2S/c25-19-11-7-10-18(15-19)22-16-30-24(26-20-12-5-2-6-13-20)27(22)21(23(28)29)14-17-8-3-1-4-9-17/h1-13,15-16,21H,14H2,(H,28,29). The number of carbonyl (C=O) groups is 1. The first-order valence-electron chi connectivity index (χ1n) is 9.44. The van der Waals surface area contributed by atoms with E-state index in [9.17, 15) is 9.90 Å². The molecular formula is C24H19ClN2O2S. The summed E-state index contributed by atoms with van der Waals surface area (Å²) in [7, 11) is 0. The molecule has 4 aromatic rings. The van der Waals surface area contributed by atoms with Crippen LogP contribution in [0.3, 0.4) is 0 Å². The maximum Gasteiger partial charge on any atom is 0.327 e.